The van der Waals surface area contributed by atoms with Gasteiger partial charge < -0.3 is 34.1 Å². The number of fused-ring (bicyclic) bond motifs is 3. The lowest BCUT2D eigenvalue weighted by Gasteiger charge is -2.38. The first-order valence-electron chi connectivity index (χ1n) is 16.7. The Hall–Kier alpha value is -4.87. The molecule has 2 N–H and O–H groups in total. The number of piperidine rings is 1. The summed E-state index contributed by atoms with van der Waals surface area (Å²) in [4.78, 5) is 42.7. The Labute approximate surface area is 289 Å². The van der Waals surface area contributed by atoms with E-state index in [1.165, 1.54) is 30.9 Å². The molecular formula is C34H37F3N8O6. The third-order valence-corrected chi connectivity index (χ3v) is 9.75. The molecule has 1 amide bonds. The molecule has 1 saturated heterocycles. The Kier molecular flexibility index (Phi) is 9.05. The number of hydrogen-bond acceptors (Lipinski definition) is 11. The number of amides is 1. The average molecular weight is 711 g/mol. The van der Waals surface area contributed by atoms with Crippen molar-refractivity contribution in [2.45, 2.75) is 70.7 Å². The lowest BCUT2D eigenvalue weighted by molar-refractivity contribution is -0.137. The number of aromatic nitrogens is 6. The summed E-state index contributed by atoms with van der Waals surface area (Å²) in [6, 6.07) is 3.23. The second-order valence-corrected chi connectivity index (χ2v) is 12.8. The molecule has 3 aliphatic rings. The van der Waals surface area contributed by atoms with Crippen LogP contribution >= 0.6 is 0 Å². The molecule has 6 heterocycles. The Bertz CT molecular complexity index is 2090. The van der Waals surface area contributed by atoms with Gasteiger partial charge in [-0.1, -0.05) is 13.0 Å². The number of methoxy groups -OCH3 is 1. The van der Waals surface area contributed by atoms with Crippen LogP contribution in [0, 0.1) is 6.92 Å². The van der Waals surface area contributed by atoms with Crippen LogP contribution in [-0.4, -0.2) is 84.7 Å². The van der Waals surface area contributed by atoms with Crippen molar-refractivity contribution in [2.75, 3.05) is 38.7 Å². The van der Waals surface area contributed by atoms with Gasteiger partial charge in [0.1, 0.15) is 18.2 Å². The van der Waals surface area contributed by atoms with Gasteiger partial charge in [0.2, 0.25) is 5.78 Å². The van der Waals surface area contributed by atoms with Crippen molar-refractivity contribution in [2.24, 2.45) is 0 Å². The summed E-state index contributed by atoms with van der Waals surface area (Å²) < 4.78 is 60.1. The van der Waals surface area contributed by atoms with Gasteiger partial charge in [-0.15, -0.1) is 5.10 Å². The van der Waals surface area contributed by atoms with E-state index in [2.05, 4.69) is 20.4 Å². The number of carbonyl (C=O) groups excluding carboxylic acids is 1. The monoisotopic (exact) mass is 710 g/mol. The summed E-state index contributed by atoms with van der Waals surface area (Å²) in [5.41, 5.74) is 0.832. The van der Waals surface area contributed by atoms with Crippen LogP contribution in [0.4, 0.5) is 18.9 Å². The van der Waals surface area contributed by atoms with Gasteiger partial charge in [0.25, 0.3) is 11.5 Å². The minimum Gasteiger partial charge on any atom is -0.492 e. The lowest BCUT2D eigenvalue weighted by atomic mass is 9.85. The number of carbonyl (C=O) groups is 1. The topological polar surface area (TPSA) is 158 Å². The molecule has 0 bridgehead atoms. The van der Waals surface area contributed by atoms with Crippen molar-refractivity contribution in [1.29, 1.82) is 0 Å². The third-order valence-electron chi connectivity index (χ3n) is 9.75. The van der Waals surface area contributed by atoms with Gasteiger partial charge in [-0.05, 0) is 61.9 Å². The number of nitrogens with one attached hydrogen (secondary N) is 1. The van der Waals surface area contributed by atoms with E-state index in [9.17, 15) is 27.9 Å². The molecule has 3 aliphatic heterocycles. The van der Waals surface area contributed by atoms with E-state index in [1.807, 2.05) is 13.0 Å². The summed E-state index contributed by atoms with van der Waals surface area (Å²) in [5, 5.41) is 18.8. The molecule has 1 atom stereocenters. The fraction of sp³-hybridized carbons (Fsp3) is 0.471. The van der Waals surface area contributed by atoms with Crippen molar-refractivity contribution in [3.05, 3.63) is 80.6 Å². The number of nitrogens with zero attached hydrogens (tertiary/aromatic N) is 7. The highest BCUT2D eigenvalue weighted by Crippen LogP contribution is 2.43. The van der Waals surface area contributed by atoms with Crippen LogP contribution in [0.15, 0.2) is 35.4 Å². The number of ether oxygens (including phenoxy) is 3. The minimum atomic E-state index is -4.50. The largest absolute Gasteiger partial charge is 0.492 e. The van der Waals surface area contributed by atoms with Gasteiger partial charge in [0.05, 0.1) is 56.0 Å². The van der Waals surface area contributed by atoms with Gasteiger partial charge in [-0.3, -0.25) is 9.59 Å². The highest BCUT2D eigenvalue weighted by molar-refractivity contribution is 5.95. The number of halogens is 3. The maximum atomic E-state index is 14.3. The first-order chi connectivity index (χ1) is 24.4. The van der Waals surface area contributed by atoms with Crippen molar-refractivity contribution in [3.63, 3.8) is 0 Å². The smallest absolute Gasteiger partial charge is 0.416 e. The third kappa shape index (κ3) is 6.22. The second-order valence-electron chi connectivity index (χ2n) is 12.8. The Balaban J connectivity index is 1.22. The molecule has 0 radical (unpaired) electrons. The molecule has 270 valence electrons. The molecule has 3 aromatic heterocycles. The molecule has 1 spiro atoms. The first kappa shape index (κ1) is 34.6. The predicted octanol–water partition coefficient (Wildman–Crippen LogP) is 3.48. The highest BCUT2D eigenvalue weighted by Gasteiger charge is 2.48. The molecular weight excluding hydrogens is 673 g/mol. The van der Waals surface area contributed by atoms with Gasteiger partial charge in [-0.25, -0.2) is 9.97 Å². The number of aliphatic hydroxyl groups is 1. The fourth-order valence-corrected chi connectivity index (χ4v) is 7.09. The zero-order valence-corrected chi connectivity index (χ0v) is 28.3. The highest BCUT2D eigenvalue weighted by atomic mass is 19.4. The van der Waals surface area contributed by atoms with Crippen LogP contribution in [0.25, 0.3) is 11.4 Å². The molecule has 51 heavy (non-hydrogen) atoms. The molecule has 14 nitrogen and oxygen atoms in total. The number of rotatable bonds is 8. The summed E-state index contributed by atoms with van der Waals surface area (Å²) in [6.45, 7) is 4.70. The molecule has 17 heteroatoms. The number of anilines is 1. The lowest BCUT2D eigenvalue weighted by Crippen LogP contribution is -2.47. The second kappa shape index (κ2) is 13.4. The van der Waals surface area contributed by atoms with E-state index in [4.69, 9.17) is 19.2 Å². The van der Waals surface area contributed by atoms with Crippen LogP contribution in [-0.2, 0) is 40.8 Å². The summed E-state index contributed by atoms with van der Waals surface area (Å²) in [7, 11) is 1.47. The number of likely N-dealkylation sites (tertiary alicyclic amines) is 1. The molecule has 0 saturated carbocycles. The maximum Gasteiger partial charge on any atom is 0.416 e. The Morgan fingerprint density at radius 2 is 2.00 bits per heavy atom. The normalized spacial score (nSPS) is 17.8. The number of alkyl halides is 3. The van der Waals surface area contributed by atoms with E-state index < -0.39 is 29.1 Å². The van der Waals surface area contributed by atoms with Crippen molar-refractivity contribution >= 4 is 22.9 Å². The van der Waals surface area contributed by atoms with Crippen LogP contribution in [0.5, 0.6) is 5.75 Å². The predicted molar refractivity (Wildman–Crippen MR) is 176 cm³/mol. The minimum absolute atomic E-state index is 0.0272. The summed E-state index contributed by atoms with van der Waals surface area (Å²) >= 11 is 0. The van der Waals surface area contributed by atoms with Gasteiger partial charge in [0, 0.05) is 18.8 Å². The Morgan fingerprint density at radius 1 is 1.22 bits per heavy atom. The SMILES string of the molecule is CCc1ncnc(C(=O)N2CCC3(CC2)OCc2c3c(=O)n3nc(C4=CCOCC4)nc3n2CC(O)Nc2ccc(C(F)(F)F)cc2C)c1OC. The standard InChI is InChI=1S/C34H37F3N8O6/c1-4-22-28(49-3)27(39-18-38-22)31(48)43-11-9-33(10-12-43)26-24(17-51-33)44(16-25(46)40-23-6-5-21(15-19(23)2)34(35,36)37)32-41-29(42-45(32)30(26)47)20-7-13-50-14-8-20/h5-7,15,18,25,40,46H,4,8-14,16-17H2,1-3H3. The van der Waals surface area contributed by atoms with Gasteiger partial charge in [0.15, 0.2) is 17.3 Å². The van der Waals surface area contributed by atoms with Crippen molar-refractivity contribution in [1.82, 2.24) is 34.0 Å². The van der Waals surface area contributed by atoms with Crippen molar-refractivity contribution in [3.8, 4) is 5.75 Å². The average Bonchev–Trinajstić information content (AvgIpc) is 3.74. The van der Waals surface area contributed by atoms with Crippen LogP contribution in [0.3, 0.4) is 0 Å². The zero-order valence-electron chi connectivity index (χ0n) is 28.3. The zero-order chi connectivity index (χ0) is 36.1. The quantitative estimate of drug-likeness (QED) is 0.258. The molecule has 1 aromatic carbocycles. The number of aryl methyl sites for hydroxylation is 2. The fourth-order valence-electron chi connectivity index (χ4n) is 7.09. The molecule has 1 fully saturated rings. The summed E-state index contributed by atoms with van der Waals surface area (Å²) in [6.07, 6.45) is -0.889. The van der Waals surface area contributed by atoms with Crippen LogP contribution in [0.2, 0.25) is 0 Å². The van der Waals surface area contributed by atoms with E-state index >= 15 is 0 Å². The molecule has 1 unspecified atom stereocenters. The van der Waals surface area contributed by atoms with E-state index in [-0.39, 0.29) is 43.6 Å². The van der Waals surface area contributed by atoms with Crippen molar-refractivity contribution < 1.29 is 37.3 Å². The van der Waals surface area contributed by atoms with Gasteiger partial charge in [-0.2, -0.15) is 22.7 Å². The van der Waals surface area contributed by atoms with Crippen LogP contribution in [0.1, 0.15) is 70.6 Å². The number of benzene rings is 1. The Morgan fingerprint density at radius 3 is 2.67 bits per heavy atom. The molecule has 7 rings (SSSR count). The first-order valence-corrected chi connectivity index (χ1v) is 16.7. The van der Waals surface area contributed by atoms with Gasteiger partial charge >= 0.3 is 6.18 Å². The maximum absolute atomic E-state index is 14.3. The van der Waals surface area contributed by atoms with E-state index in [0.717, 1.165) is 17.7 Å². The van der Waals surface area contributed by atoms with E-state index in [0.29, 0.717) is 78.7 Å². The molecule has 0 aliphatic carbocycles. The number of hydrogen-bond donors (Lipinski definition) is 2. The molecule has 4 aromatic rings. The van der Waals surface area contributed by atoms with E-state index in [1.54, 1.807) is 9.47 Å². The number of aliphatic hydroxyl groups excluding tert-OH is 1. The summed E-state index contributed by atoms with van der Waals surface area (Å²) in [5.74, 6) is 0.554. The van der Waals surface area contributed by atoms with Crippen LogP contribution < -0.4 is 15.6 Å².